The van der Waals surface area contributed by atoms with E-state index in [1.807, 2.05) is 13.0 Å². The molecule has 1 nitrogen and oxygen atoms in total. The quantitative estimate of drug-likeness (QED) is 0.451. The second-order valence-electron chi connectivity index (χ2n) is 5.33. The zero-order valence-electron chi connectivity index (χ0n) is 10.4. The molecule has 1 fully saturated rings. The molecule has 0 aromatic heterocycles. The molecule has 0 spiro atoms. The van der Waals surface area contributed by atoms with Crippen molar-refractivity contribution in [2.75, 3.05) is 0 Å². The van der Waals surface area contributed by atoms with Crippen molar-refractivity contribution < 1.29 is 5.11 Å². The lowest BCUT2D eigenvalue weighted by atomic mass is 9.79. The van der Waals surface area contributed by atoms with Crippen LogP contribution in [0.5, 0.6) is 0 Å². The molecule has 0 amide bonds. The molecular weight excluding hydrogens is 255 g/mol. The van der Waals surface area contributed by atoms with Crippen molar-refractivity contribution in [2.45, 2.75) is 43.9 Å². The van der Waals surface area contributed by atoms with Gasteiger partial charge in [0.05, 0.1) is 11.1 Å². The van der Waals surface area contributed by atoms with Crippen LogP contribution in [0.3, 0.4) is 0 Å². The predicted molar refractivity (Wildman–Crippen MR) is 73.7 cm³/mol. The fraction of sp³-hybridized carbons (Fsp3) is 0.714. The van der Waals surface area contributed by atoms with Crippen molar-refractivity contribution in [3.05, 3.63) is 23.5 Å². The van der Waals surface area contributed by atoms with Gasteiger partial charge in [0.15, 0.2) is 0 Å². The van der Waals surface area contributed by atoms with Crippen LogP contribution in [-0.2, 0) is 0 Å². The fourth-order valence-electron chi connectivity index (χ4n) is 2.61. The van der Waals surface area contributed by atoms with Gasteiger partial charge in [-0.15, -0.1) is 23.2 Å². The van der Waals surface area contributed by atoms with Crippen molar-refractivity contribution in [1.82, 2.24) is 0 Å². The van der Waals surface area contributed by atoms with Crippen LogP contribution >= 0.6 is 23.2 Å². The average molecular weight is 275 g/mol. The normalized spacial score (nSPS) is 36.6. The van der Waals surface area contributed by atoms with Gasteiger partial charge < -0.3 is 5.11 Å². The molecule has 0 aromatic carbocycles. The third-order valence-corrected chi connectivity index (χ3v) is 5.00. The van der Waals surface area contributed by atoms with E-state index in [2.05, 4.69) is 13.0 Å². The first-order valence-electron chi connectivity index (χ1n) is 6.36. The summed E-state index contributed by atoms with van der Waals surface area (Å²) in [5.41, 5.74) is 1.07. The summed E-state index contributed by atoms with van der Waals surface area (Å²) in [5, 5.41) is 10.2. The summed E-state index contributed by atoms with van der Waals surface area (Å²) in [6.07, 6.45) is 7.20. The minimum atomic E-state index is -0.0248. The van der Waals surface area contributed by atoms with Gasteiger partial charge in [-0.1, -0.05) is 19.1 Å². The number of rotatable bonds is 3. The first kappa shape index (κ1) is 13.3. The first-order valence-corrected chi connectivity index (χ1v) is 7.24. The minimum Gasteiger partial charge on any atom is -0.512 e. The summed E-state index contributed by atoms with van der Waals surface area (Å²) in [4.78, 5) is 0. The highest BCUT2D eigenvalue weighted by atomic mass is 35.5. The van der Waals surface area contributed by atoms with Gasteiger partial charge in [-0.25, -0.2) is 0 Å². The molecule has 3 heteroatoms. The summed E-state index contributed by atoms with van der Waals surface area (Å²) in [5.74, 6) is 1.44. The Balaban J connectivity index is 2.15. The van der Waals surface area contributed by atoms with Gasteiger partial charge >= 0.3 is 0 Å². The molecule has 1 saturated carbocycles. The van der Waals surface area contributed by atoms with E-state index in [0.717, 1.165) is 24.8 Å². The monoisotopic (exact) mass is 274 g/mol. The Morgan fingerprint density at radius 2 is 2.00 bits per heavy atom. The van der Waals surface area contributed by atoms with E-state index in [0.29, 0.717) is 11.7 Å². The first-order chi connectivity index (χ1) is 8.02. The number of aliphatic hydroxyl groups excluding tert-OH is 1. The second-order valence-corrected chi connectivity index (χ2v) is 6.40. The van der Waals surface area contributed by atoms with E-state index in [9.17, 15) is 5.11 Å². The zero-order valence-corrected chi connectivity index (χ0v) is 11.9. The van der Waals surface area contributed by atoms with Gasteiger partial charge in [-0.2, -0.15) is 0 Å². The molecule has 4 unspecified atom stereocenters. The number of allylic oxidation sites excluding steroid dienone is 4. The second kappa shape index (κ2) is 5.24. The van der Waals surface area contributed by atoms with Crippen molar-refractivity contribution in [2.24, 2.45) is 17.8 Å². The van der Waals surface area contributed by atoms with Gasteiger partial charge in [0.25, 0.3) is 0 Å². The van der Waals surface area contributed by atoms with Crippen LogP contribution in [0.4, 0.5) is 0 Å². The smallest absolute Gasteiger partial charge is 0.0945 e. The van der Waals surface area contributed by atoms with Crippen molar-refractivity contribution in [1.29, 1.82) is 0 Å². The molecule has 0 aromatic rings. The van der Waals surface area contributed by atoms with Gasteiger partial charge in [0.1, 0.15) is 0 Å². The molecule has 2 aliphatic carbocycles. The summed E-state index contributed by atoms with van der Waals surface area (Å²) in [6.45, 7) is 4.15. The number of aliphatic hydroxyl groups is 1. The largest absolute Gasteiger partial charge is 0.512 e. The van der Waals surface area contributed by atoms with E-state index in [1.165, 1.54) is 0 Å². The third kappa shape index (κ3) is 2.82. The molecule has 2 aliphatic rings. The third-order valence-electron chi connectivity index (χ3n) is 4.09. The predicted octanol–water partition coefficient (Wildman–Crippen LogP) is 4.66. The Labute approximate surface area is 113 Å². The number of hydrogen-bond acceptors (Lipinski definition) is 1. The molecule has 0 saturated heterocycles. The number of hydrogen-bond donors (Lipinski definition) is 1. The molecule has 17 heavy (non-hydrogen) atoms. The molecule has 0 heterocycles. The summed E-state index contributed by atoms with van der Waals surface area (Å²) >= 11 is 12.7. The molecule has 0 aliphatic heterocycles. The Morgan fingerprint density at radius 3 is 2.53 bits per heavy atom. The Bertz CT molecular complexity index is 344. The van der Waals surface area contributed by atoms with Crippen LogP contribution < -0.4 is 0 Å². The molecular formula is C14H20Cl2O. The minimum absolute atomic E-state index is 0.0248. The van der Waals surface area contributed by atoms with Gasteiger partial charge in [0.2, 0.25) is 0 Å². The van der Waals surface area contributed by atoms with Crippen LogP contribution in [0, 0.1) is 17.8 Å². The highest BCUT2D eigenvalue weighted by Crippen LogP contribution is 2.42. The molecule has 0 radical (unpaired) electrons. The average Bonchev–Trinajstić information content (AvgIpc) is 3.10. The number of alkyl halides is 2. The van der Waals surface area contributed by atoms with Crippen molar-refractivity contribution in [3.63, 3.8) is 0 Å². The molecule has 1 N–H and O–H groups in total. The Kier molecular flexibility index (Phi) is 4.10. The SMILES string of the molecule is C/C(=C(/O)C1CC1)C(C)C1C(Cl)C=CCC1Cl. The lowest BCUT2D eigenvalue weighted by Gasteiger charge is -2.33. The maximum atomic E-state index is 10.1. The maximum Gasteiger partial charge on any atom is 0.0945 e. The molecule has 0 bridgehead atoms. The van der Waals surface area contributed by atoms with Gasteiger partial charge in [-0.3, -0.25) is 0 Å². The lowest BCUT2D eigenvalue weighted by Crippen LogP contribution is -2.33. The standard InChI is InChI=1S/C14H20Cl2O/c1-8(9(2)14(17)10-6-7-10)13-11(15)4-3-5-12(13)16/h3-4,8,10-13,17H,5-7H2,1-2H3/b14-9-. The topological polar surface area (TPSA) is 20.2 Å². The summed E-state index contributed by atoms with van der Waals surface area (Å²) in [7, 11) is 0. The highest BCUT2D eigenvalue weighted by Gasteiger charge is 2.36. The van der Waals surface area contributed by atoms with Crippen LogP contribution in [0.15, 0.2) is 23.5 Å². The molecule has 96 valence electrons. The van der Waals surface area contributed by atoms with Crippen LogP contribution in [0.2, 0.25) is 0 Å². The van der Waals surface area contributed by atoms with Crippen LogP contribution in [0.25, 0.3) is 0 Å². The van der Waals surface area contributed by atoms with E-state index in [4.69, 9.17) is 23.2 Å². The Hall–Kier alpha value is -0.140. The van der Waals surface area contributed by atoms with Gasteiger partial charge in [0, 0.05) is 17.2 Å². The zero-order chi connectivity index (χ0) is 12.6. The van der Waals surface area contributed by atoms with Crippen molar-refractivity contribution >= 4 is 23.2 Å². The summed E-state index contributed by atoms with van der Waals surface area (Å²) < 4.78 is 0. The van der Waals surface area contributed by atoms with Crippen LogP contribution in [-0.4, -0.2) is 15.9 Å². The highest BCUT2D eigenvalue weighted by molar-refractivity contribution is 6.25. The van der Waals surface area contributed by atoms with Crippen LogP contribution in [0.1, 0.15) is 33.1 Å². The van der Waals surface area contributed by atoms with Crippen molar-refractivity contribution in [3.8, 4) is 0 Å². The number of halogens is 2. The van der Waals surface area contributed by atoms with E-state index >= 15 is 0 Å². The summed E-state index contributed by atoms with van der Waals surface area (Å²) in [6, 6.07) is 0. The Morgan fingerprint density at radius 1 is 1.35 bits per heavy atom. The molecule has 2 rings (SSSR count). The van der Waals surface area contributed by atoms with E-state index in [-0.39, 0.29) is 22.6 Å². The maximum absolute atomic E-state index is 10.1. The lowest BCUT2D eigenvalue weighted by molar-refractivity contribution is 0.330. The van der Waals surface area contributed by atoms with Gasteiger partial charge in [-0.05, 0) is 37.7 Å². The fourth-order valence-corrected chi connectivity index (χ4v) is 3.66. The van der Waals surface area contributed by atoms with E-state index in [1.54, 1.807) is 0 Å². The molecule has 4 atom stereocenters. The van der Waals surface area contributed by atoms with E-state index < -0.39 is 0 Å².